The lowest BCUT2D eigenvalue weighted by Crippen LogP contribution is -2.49. The topological polar surface area (TPSA) is 23.6 Å². The minimum atomic E-state index is 0.262. The molecule has 17 heavy (non-hydrogen) atoms. The second-order valence-corrected chi connectivity index (χ2v) is 5.32. The van der Waals surface area contributed by atoms with Crippen molar-refractivity contribution < 1.29 is 4.79 Å². The minimum absolute atomic E-state index is 0.262. The average Bonchev–Trinajstić information content (AvgIpc) is 2.39. The van der Waals surface area contributed by atoms with Crippen LogP contribution in [-0.2, 0) is 4.79 Å². The summed E-state index contributed by atoms with van der Waals surface area (Å²) in [4.78, 5) is 16.8. The number of likely N-dealkylation sites (N-methyl/N-ethyl adjacent to an activating group) is 1. The zero-order valence-corrected chi connectivity index (χ0v) is 11.1. The van der Waals surface area contributed by atoms with E-state index in [1.165, 1.54) is 5.57 Å². The lowest BCUT2D eigenvalue weighted by Gasteiger charge is -2.35. The fourth-order valence-electron chi connectivity index (χ4n) is 2.78. The number of carbonyl (C=O) groups excluding carboxylic acids is 1. The molecule has 1 atom stereocenters. The monoisotopic (exact) mass is 236 g/mol. The van der Waals surface area contributed by atoms with E-state index in [4.69, 9.17) is 0 Å². The maximum atomic E-state index is 12.4. The number of amides is 1. The average molecular weight is 236 g/mol. The van der Waals surface area contributed by atoms with Crippen molar-refractivity contribution in [1.29, 1.82) is 0 Å². The van der Waals surface area contributed by atoms with Gasteiger partial charge in [0.1, 0.15) is 0 Å². The van der Waals surface area contributed by atoms with Crippen molar-refractivity contribution in [3.05, 3.63) is 11.6 Å². The maximum Gasteiger partial charge on any atom is 0.226 e. The van der Waals surface area contributed by atoms with Crippen LogP contribution in [0, 0.1) is 5.92 Å². The molecule has 0 aromatic rings. The molecule has 1 heterocycles. The van der Waals surface area contributed by atoms with Gasteiger partial charge in [-0.1, -0.05) is 18.6 Å². The Morgan fingerprint density at radius 2 is 2.06 bits per heavy atom. The predicted molar refractivity (Wildman–Crippen MR) is 69.8 cm³/mol. The molecular weight excluding hydrogens is 212 g/mol. The van der Waals surface area contributed by atoms with Gasteiger partial charge in [0.05, 0.1) is 0 Å². The molecule has 0 aromatic carbocycles. The van der Waals surface area contributed by atoms with Crippen molar-refractivity contribution in [3.8, 4) is 0 Å². The molecule has 0 aromatic heterocycles. The minimum Gasteiger partial charge on any atom is -0.340 e. The first-order chi connectivity index (χ1) is 8.20. The Balaban J connectivity index is 1.90. The molecule has 3 heteroatoms. The number of nitrogens with zero attached hydrogens (tertiary/aromatic N) is 2. The summed E-state index contributed by atoms with van der Waals surface area (Å²) in [6.07, 6.45) is 6.57. The van der Waals surface area contributed by atoms with Gasteiger partial charge in [0.2, 0.25) is 5.91 Å². The van der Waals surface area contributed by atoms with Crippen LogP contribution in [0.2, 0.25) is 0 Å². The largest absolute Gasteiger partial charge is 0.340 e. The fourth-order valence-corrected chi connectivity index (χ4v) is 2.78. The summed E-state index contributed by atoms with van der Waals surface area (Å²) in [5.74, 6) is 0.663. The highest BCUT2D eigenvalue weighted by Gasteiger charge is 2.28. The van der Waals surface area contributed by atoms with Gasteiger partial charge in [-0.15, -0.1) is 0 Å². The van der Waals surface area contributed by atoms with E-state index in [0.29, 0.717) is 5.91 Å². The number of hydrogen-bond donors (Lipinski definition) is 0. The van der Waals surface area contributed by atoms with Crippen LogP contribution in [-0.4, -0.2) is 48.9 Å². The lowest BCUT2D eigenvalue weighted by molar-refractivity contribution is -0.137. The van der Waals surface area contributed by atoms with Gasteiger partial charge in [-0.3, -0.25) is 4.79 Å². The first-order valence-electron chi connectivity index (χ1n) is 6.86. The molecule has 96 valence electrons. The lowest BCUT2D eigenvalue weighted by atomic mass is 9.86. The molecule has 0 spiro atoms. The van der Waals surface area contributed by atoms with Crippen LogP contribution in [0.1, 0.15) is 32.6 Å². The number of allylic oxidation sites excluding steroid dienone is 2. The summed E-state index contributed by atoms with van der Waals surface area (Å²) in [5.41, 5.74) is 1.48. The summed E-state index contributed by atoms with van der Waals surface area (Å²) in [7, 11) is 2.13. The van der Waals surface area contributed by atoms with Gasteiger partial charge in [0.15, 0.2) is 0 Å². The van der Waals surface area contributed by atoms with Gasteiger partial charge in [0.25, 0.3) is 0 Å². The third-order valence-corrected chi connectivity index (χ3v) is 4.08. The Hall–Kier alpha value is -0.830. The molecule has 3 nitrogen and oxygen atoms in total. The molecule has 2 aliphatic rings. The van der Waals surface area contributed by atoms with Gasteiger partial charge >= 0.3 is 0 Å². The SMILES string of the molecule is CCC1=CCCC(C(=O)N2CCN(C)CC2)C1. The first kappa shape index (κ1) is 12.6. The summed E-state index contributed by atoms with van der Waals surface area (Å²) >= 11 is 0. The molecule has 1 unspecified atom stereocenters. The number of hydrogen-bond acceptors (Lipinski definition) is 2. The quantitative estimate of drug-likeness (QED) is 0.684. The molecule has 1 aliphatic carbocycles. The molecule has 1 saturated heterocycles. The third kappa shape index (κ3) is 3.09. The van der Waals surface area contributed by atoms with E-state index in [2.05, 4.69) is 29.8 Å². The standard InChI is InChI=1S/C14H24N2O/c1-3-12-5-4-6-13(11-12)14(17)16-9-7-15(2)8-10-16/h5,13H,3-4,6-11H2,1-2H3. The normalized spacial score (nSPS) is 26.8. The highest BCUT2D eigenvalue weighted by atomic mass is 16.2. The van der Waals surface area contributed by atoms with Crippen molar-refractivity contribution in [3.63, 3.8) is 0 Å². The van der Waals surface area contributed by atoms with Gasteiger partial charge < -0.3 is 9.80 Å². The zero-order valence-electron chi connectivity index (χ0n) is 11.1. The second kappa shape index (κ2) is 5.67. The Bertz CT molecular complexity index is 303. The third-order valence-electron chi connectivity index (χ3n) is 4.08. The van der Waals surface area contributed by atoms with Crippen molar-refractivity contribution in [2.24, 2.45) is 5.92 Å². The van der Waals surface area contributed by atoms with E-state index in [1.807, 2.05) is 0 Å². The van der Waals surface area contributed by atoms with E-state index in [1.54, 1.807) is 0 Å². The van der Waals surface area contributed by atoms with Gasteiger partial charge in [-0.2, -0.15) is 0 Å². The second-order valence-electron chi connectivity index (χ2n) is 5.32. The van der Waals surface area contributed by atoms with Crippen LogP contribution in [0.15, 0.2) is 11.6 Å². The summed E-state index contributed by atoms with van der Waals surface area (Å²) in [6.45, 7) is 6.06. The Labute approximate surface area is 104 Å². The number of carbonyl (C=O) groups is 1. The van der Waals surface area contributed by atoms with Crippen molar-refractivity contribution in [2.45, 2.75) is 32.6 Å². The fraction of sp³-hybridized carbons (Fsp3) is 0.786. The molecule has 0 N–H and O–H groups in total. The van der Waals surface area contributed by atoms with E-state index in [9.17, 15) is 4.79 Å². The summed E-state index contributed by atoms with van der Waals surface area (Å²) in [6, 6.07) is 0. The van der Waals surface area contributed by atoms with Crippen LogP contribution in [0.25, 0.3) is 0 Å². The van der Waals surface area contributed by atoms with Crippen LogP contribution in [0.4, 0.5) is 0 Å². The molecule has 1 aliphatic heterocycles. The van der Waals surface area contributed by atoms with E-state index >= 15 is 0 Å². The molecule has 0 saturated carbocycles. The van der Waals surface area contributed by atoms with Crippen LogP contribution < -0.4 is 0 Å². The molecular formula is C14H24N2O. The van der Waals surface area contributed by atoms with E-state index in [-0.39, 0.29) is 5.92 Å². The van der Waals surface area contributed by atoms with Crippen LogP contribution in [0.3, 0.4) is 0 Å². The Morgan fingerprint density at radius 3 is 2.71 bits per heavy atom. The summed E-state index contributed by atoms with van der Waals surface area (Å²) < 4.78 is 0. The first-order valence-corrected chi connectivity index (χ1v) is 6.86. The smallest absolute Gasteiger partial charge is 0.226 e. The predicted octanol–water partition coefficient (Wildman–Crippen LogP) is 1.90. The zero-order chi connectivity index (χ0) is 12.3. The van der Waals surface area contributed by atoms with Crippen molar-refractivity contribution in [1.82, 2.24) is 9.80 Å². The molecule has 1 amide bonds. The van der Waals surface area contributed by atoms with Crippen molar-refractivity contribution >= 4 is 5.91 Å². The highest BCUT2D eigenvalue weighted by molar-refractivity contribution is 5.79. The van der Waals surface area contributed by atoms with Crippen LogP contribution in [0.5, 0.6) is 0 Å². The van der Waals surface area contributed by atoms with Gasteiger partial charge in [-0.25, -0.2) is 0 Å². The highest BCUT2D eigenvalue weighted by Crippen LogP contribution is 2.27. The van der Waals surface area contributed by atoms with Gasteiger partial charge in [-0.05, 0) is 32.7 Å². The Kier molecular flexibility index (Phi) is 4.21. The van der Waals surface area contributed by atoms with E-state index in [0.717, 1.165) is 51.9 Å². The molecule has 1 fully saturated rings. The maximum absolute atomic E-state index is 12.4. The number of piperazine rings is 1. The number of rotatable bonds is 2. The summed E-state index contributed by atoms with van der Waals surface area (Å²) in [5, 5.41) is 0. The van der Waals surface area contributed by atoms with E-state index < -0.39 is 0 Å². The Morgan fingerprint density at radius 1 is 1.35 bits per heavy atom. The molecule has 2 rings (SSSR count). The van der Waals surface area contributed by atoms with Crippen molar-refractivity contribution in [2.75, 3.05) is 33.2 Å². The van der Waals surface area contributed by atoms with Crippen LogP contribution >= 0.6 is 0 Å². The molecule has 0 bridgehead atoms. The van der Waals surface area contributed by atoms with Gasteiger partial charge in [0, 0.05) is 32.1 Å². The molecule has 0 radical (unpaired) electrons.